The van der Waals surface area contributed by atoms with Gasteiger partial charge in [-0.2, -0.15) is 14.8 Å². The molecule has 34 heavy (non-hydrogen) atoms. The van der Waals surface area contributed by atoms with Crippen LogP contribution < -0.4 is 10.9 Å². The van der Waals surface area contributed by atoms with Gasteiger partial charge in [-0.3, -0.25) is 9.59 Å². The molecular formula is C25H19ClFN5O2. The molecule has 0 amide bonds. The summed E-state index contributed by atoms with van der Waals surface area (Å²) >= 11 is 6.35. The minimum Gasteiger partial charge on any atom is -0.368 e. The van der Waals surface area contributed by atoms with Crippen molar-refractivity contribution < 1.29 is 9.18 Å². The molecule has 0 aliphatic carbocycles. The molecule has 9 heteroatoms. The van der Waals surface area contributed by atoms with Crippen molar-refractivity contribution in [2.24, 2.45) is 0 Å². The number of hydrogen-bond acceptors (Lipinski definition) is 6. The Balaban J connectivity index is 1.80. The predicted molar refractivity (Wildman–Crippen MR) is 128 cm³/mol. The molecule has 4 rings (SSSR count). The highest BCUT2D eigenvalue weighted by atomic mass is 35.5. The van der Waals surface area contributed by atoms with Gasteiger partial charge in [0.2, 0.25) is 5.95 Å². The second-order valence-corrected chi connectivity index (χ2v) is 8.11. The number of fused-ring (bicyclic) bond motifs is 1. The Bertz CT molecular complexity index is 1490. The number of aromatic nitrogens is 3. The van der Waals surface area contributed by atoms with Gasteiger partial charge in [-0.15, -0.1) is 0 Å². The van der Waals surface area contributed by atoms with Crippen molar-refractivity contribution in [2.75, 3.05) is 11.9 Å². The van der Waals surface area contributed by atoms with E-state index in [-0.39, 0.29) is 53.0 Å². The summed E-state index contributed by atoms with van der Waals surface area (Å²) in [4.78, 5) is 28.2. The van der Waals surface area contributed by atoms with Crippen molar-refractivity contribution in [3.63, 3.8) is 0 Å². The molecule has 0 aliphatic heterocycles. The van der Waals surface area contributed by atoms with Crippen LogP contribution in [-0.2, 0) is 11.3 Å². The maximum absolute atomic E-state index is 15.1. The first-order valence-electron chi connectivity index (χ1n) is 10.5. The molecule has 2 aromatic carbocycles. The molecule has 0 aliphatic rings. The Morgan fingerprint density at radius 1 is 1.18 bits per heavy atom. The van der Waals surface area contributed by atoms with Crippen molar-refractivity contribution in [3.8, 4) is 17.3 Å². The van der Waals surface area contributed by atoms with Crippen LogP contribution in [0.2, 0.25) is 5.02 Å². The molecule has 0 atom stereocenters. The maximum atomic E-state index is 15.1. The monoisotopic (exact) mass is 475 g/mol. The van der Waals surface area contributed by atoms with Crippen LogP contribution in [0.15, 0.2) is 59.4 Å². The minimum absolute atomic E-state index is 0.0131. The summed E-state index contributed by atoms with van der Waals surface area (Å²) in [6, 6.07) is 17.1. The van der Waals surface area contributed by atoms with Crippen LogP contribution in [-0.4, -0.2) is 27.1 Å². The third kappa shape index (κ3) is 4.80. The van der Waals surface area contributed by atoms with Crippen LogP contribution >= 0.6 is 11.6 Å². The first-order chi connectivity index (χ1) is 16.4. The van der Waals surface area contributed by atoms with Gasteiger partial charge in [-0.1, -0.05) is 41.9 Å². The molecule has 0 unspecified atom stereocenters. The number of nitrogens with zero attached hydrogens (tertiary/aromatic N) is 4. The number of pyridine rings is 1. The maximum Gasteiger partial charge on any atom is 0.274 e. The number of Topliss-reactive ketones (excluding diaryl/α,β-unsaturated/α-hetero) is 1. The summed E-state index contributed by atoms with van der Waals surface area (Å²) in [5.74, 6) is -0.698. The van der Waals surface area contributed by atoms with Gasteiger partial charge >= 0.3 is 0 Å². The van der Waals surface area contributed by atoms with Crippen LogP contribution in [0.4, 0.5) is 10.2 Å². The molecular weight excluding hydrogens is 457 g/mol. The van der Waals surface area contributed by atoms with E-state index in [0.29, 0.717) is 16.3 Å². The van der Waals surface area contributed by atoms with Crippen LogP contribution in [0.25, 0.3) is 22.0 Å². The summed E-state index contributed by atoms with van der Waals surface area (Å²) in [7, 11) is 0. The summed E-state index contributed by atoms with van der Waals surface area (Å²) in [6.07, 6.45) is 0.258. The van der Waals surface area contributed by atoms with Gasteiger partial charge in [0.1, 0.15) is 17.3 Å². The number of halogens is 2. The number of carbonyl (C=O) groups is 1. The van der Waals surface area contributed by atoms with E-state index in [9.17, 15) is 9.59 Å². The van der Waals surface area contributed by atoms with Gasteiger partial charge in [0, 0.05) is 18.4 Å². The molecule has 0 saturated carbocycles. The van der Waals surface area contributed by atoms with Crippen LogP contribution in [0.5, 0.6) is 0 Å². The lowest BCUT2D eigenvalue weighted by Crippen LogP contribution is -2.24. The van der Waals surface area contributed by atoms with Crippen molar-refractivity contribution >= 4 is 34.0 Å². The number of rotatable bonds is 7. The highest BCUT2D eigenvalue weighted by Crippen LogP contribution is 2.31. The van der Waals surface area contributed by atoms with Crippen molar-refractivity contribution in [1.29, 1.82) is 5.26 Å². The average molecular weight is 476 g/mol. The lowest BCUT2D eigenvalue weighted by molar-refractivity contribution is -0.116. The fourth-order valence-corrected chi connectivity index (χ4v) is 3.73. The van der Waals surface area contributed by atoms with Crippen molar-refractivity contribution in [2.45, 2.75) is 19.9 Å². The number of carbonyl (C=O) groups excluding carboxylic acids is 1. The second-order valence-electron chi connectivity index (χ2n) is 7.70. The molecule has 0 fully saturated rings. The lowest BCUT2D eigenvalue weighted by atomic mass is 10.1. The van der Waals surface area contributed by atoms with E-state index in [2.05, 4.69) is 21.5 Å². The van der Waals surface area contributed by atoms with E-state index >= 15 is 4.39 Å². The standard InChI is InChI=1S/C25H19ClFN5O2/c1-15(33)10-11-29-24-21(26)12-20(23(27)30-24)22-18-4-2-3-5-19(18)25(34)32(31-22)14-17-8-6-16(13-28)7-9-17/h2-9,12H,10-11,14H2,1H3,(H,29,30). The highest BCUT2D eigenvalue weighted by Gasteiger charge is 2.19. The van der Waals surface area contributed by atoms with E-state index in [0.717, 1.165) is 5.56 Å². The third-order valence-electron chi connectivity index (χ3n) is 5.24. The molecule has 7 nitrogen and oxygen atoms in total. The van der Waals surface area contributed by atoms with Crippen molar-refractivity contribution in [1.82, 2.24) is 14.8 Å². The fraction of sp³-hybridized carbons (Fsp3) is 0.160. The van der Waals surface area contributed by atoms with Crippen LogP contribution in [0.3, 0.4) is 0 Å². The summed E-state index contributed by atoms with van der Waals surface area (Å²) in [5.41, 5.74) is 1.21. The molecule has 2 heterocycles. The van der Waals surface area contributed by atoms with Crippen LogP contribution in [0.1, 0.15) is 24.5 Å². The summed E-state index contributed by atoms with van der Waals surface area (Å²) in [6.45, 7) is 1.87. The molecule has 0 spiro atoms. The largest absolute Gasteiger partial charge is 0.368 e. The summed E-state index contributed by atoms with van der Waals surface area (Å²) < 4.78 is 16.4. The zero-order chi connectivity index (χ0) is 24.2. The van der Waals surface area contributed by atoms with E-state index in [1.54, 1.807) is 48.5 Å². The SMILES string of the molecule is CC(=O)CCNc1nc(F)c(-c2nn(Cc3ccc(C#N)cc3)c(=O)c3ccccc23)cc1Cl. The number of nitrogens with one attached hydrogen (secondary N) is 1. The van der Waals surface area contributed by atoms with Gasteiger partial charge in [0.05, 0.1) is 34.1 Å². The first kappa shape index (κ1) is 23.1. The summed E-state index contributed by atoms with van der Waals surface area (Å²) in [5, 5.41) is 17.3. The Hall–Kier alpha value is -4.09. The third-order valence-corrected chi connectivity index (χ3v) is 5.53. The second kappa shape index (κ2) is 9.81. The number of nitriles is 1. The van der Waals surface area contributed by atoms with E-state index in [1.807, 2.05) is 0 Å². The Labute approximate surface area is 199 Å². The molecule has 0 radical (unpaired) electrons. The van der Waals surface area contributed by atoms with Gasteiger partial charge in [-0.05, 0) is 36.8 Å². The van der Waals surface area contributed by atoms with Gasteiger partial charge in [0.25, 0.3) is 5.56 Å². The smallest absolute Gasteiger partial charge is 0.274 e. The Kier molecular flexibility index (Phi) is 6.66. The van der Waals surface area contributed by atoms with Crippen molar-refractivity contribution in [3.05, 3.63) is 87.0 Å². The quantitative estimate of drug-likeness (QED) is 0.393. The number of benzene rings is 2. The van der Waals surface area contributed by atoms with E-state index in [4.69, 9.17) is 16.9 Å². The molecule has 170 valence electrons. The molecule has 4 aromatic rings. The van der Waals surface area contributed by atoms with Gasteiger partial charge in [0.15, 0.2) is 0 Å². The minimum atomic E-state index is -0.809. The van der Waals surface area contributed by atoms with Crippen LogP contribution in [0, 0.1) is 17.3 Å². The molecule has 0 saturated heterocycles. The Morgan fingerprint density at radius 2 is 1.88 bits per heavy atom. The zero-order valence-corrected chi connectivity index (χ0v) is 18.9. The molecule has 2 aromatic heterocycles. The topological polar surface area (TPSA) is 101 Å². The predicted octanol–water partition coefficient (Wildman–Crippen LogP) is 4.56. The van der Waals surface area contributed by atoms with E-state index < -0.39 is 5.95 Å². The number of hydrogen-bond donors (Lipinski definition) is 1. The lowest BCUT2D eigenvalue weighted by Gasteiger charge is -2.13. The number of anilines is 1. The van der Waals surface area contributed by atoms with E-state index in [1.165, 1.54) is 17.7 Å². The highest BCUT2D eigenvalue weighted by molar-refractivity contribution is 6.33. The Morgan fingerprint density at radius 3 is 2.56 bits per heavy atom. The number of ketones is 1. The zero-order valence-electron chi connectivity index (χ0n) is 18.2. The molecule has 0 bridgehead atoms. The molecule has 1 N–H and O–H groups in total. The van der Waals surface area contributed by atoms with Gasteiger partial charge in [-0.25, -0.2) is 9.67 Å². The fourth-order valence-electron chi connectivity index (χ4n) is 3.51. The average Bonchev–Trinajstić information content (AvgIpc) is 2.83. The first-order valence-corrected chi connectivity index (χ1v) is 10.8. The van der Waals surface area contributed by atoms with Gasteiger partial charge < -0.3 is 5.32 Å². The normalized spacial score (nSPS) is 10.8.